The monoisotopic (exact) mass is 357 g/mol. The summed E-state index contributed by atoms with van der Waals surface area (Å²) in [6, 6.07) is 11.9. The SMILES string of the molecule is COc1ccc(C)c(-n2c(N)c(C#N)c3nc4cccc(C)c4nc32)c1C. The normalized spacial score (nSPS) is 11.1. The fourth-order valence-electron chi connectivity index (χ4n) is 3.60. The first-order valence-electron chi connectivity index (χ1n) is 8.59. The van der Waals surface area contributed by atoms with Gasteiger partial charge in [0.25, 0.3) is 0 Å². The third-order valence-electron chi connectivity index (χ3n) is 4.96. The Hall–Kier alpha value is -3.59. The van der Waals surface area contributed by atoms with Crippen LogP contribution < -0.4 is 10.5 Å². The Kier molecular flexibility index (Phi) is 3.74. The van der Waals surface area contributed by atoms with Crippen LogP contribution in [0.4, 0.5) is 5.82 Å². The van der Waals surface area contributed by atoms with Gasteiger partial charge in [0.15, 0.2) is 5.65 Å². The molecule has 6 heteroatoms. The zero-order valence-electron chi connectivity index (χ0n) is 15.7. The van der Waals surface area contributed by atoms with Gasteiger partial charge in [-0.15, -0.1) is 0 Å². The van der Waals surface area contributed by atoms with Crippen molar-refractivity contribution in [2.45, 2.75) is 20.8 Å². The molecular weight excluding hydrogens is 338 g/mol. The average molecular weight is 357 g/mol. The van der Waals surface area contributed by atoms with Crippen LogP contribution in [0.5, 0.6) is 5.75 Å². The van der Waals surface area contributed by atoms with Crippen LogP contribution in [0.15, 0.2) is 30.3 Å². The Morgan fingerprint density at radius 2 is 1.81 bits per heavy atom. The molecule has 0 bridgehead atoms. The number of nitrogens with zero attached hydrogens (tertiary/aromatic N) is 4. The number of hydrogen-bond acceptors (Lipinski definition) is 5. The van der Waals surface area contributed by atoms with E-state index in [0.717, 1.165) is 39.2 Å². The lowest BCUT2D eigenvalue weighted by atomic mass is 10.1. The summed E-state index contributed by atoms with van der Waals surface area (Å²) in [5.41, 5.74) is 13.2. The molecule has 0 saturated carbocycles. The predicted molar refractivity (Wildman–Crippen MR) is 106 cm³/mol. The van der Waals surface area contributed by atoms with E-state index in [-0.39, 0.29) is 0 Å². The zero-order valence-corrected chi connectivity index (χ0v) is 15.7. The first-order valence-corrected chi connectivity index (χ1v) is 8.59. The molecule has 0 aliphatic rings. The summed E-state index contributed by atoms with van der Waals surface area (Å²) in [7, 11) is 1.63. The van der Waals surface area contributed by atoms with Crippen LogP contribution >= 0.6 is 0 Å². The van der Waals surface area contributed by atoms with E-state index in [2.05, 4.69) is 6.07 Å². The summed E-state index contributed by atoms with van der Waals surface area (Å²) in [6.45, 7) is 5.96. The highest BCUT2D eigenvalue weighted by Gasteiger charge is 2.23. The van der Waals surface area contributed by atoms with Gasteiger partial charge in [-0.2, -0.15) is 5.26 Å². The van der Waals surface area contributed by atoms with Crippen LogP contribution in [0, 0.1) is 32.1 Å². The summed E-state index contributed by atoms with van der Waals surface area (Å²) in [4.78, 5) is 9.55. The third kappa shape index (κ3) is 2.32. The average Bonchev–Trinajstić information content (AvgIpc) is 2.92. The van der Waals surface area contributed by atoms with E-state index in [1.54, 1.807) is 7.11 Å². The molecule has 134 valence electrons. The Labute approximate surface area is 156 Å². The molecule has 0 aliphatic heterocycles. The van der Waals surface area contributed by atoms with Crippen LogP contribution in [0.1, 0.15) is 22.3 Å². The van der Waals surface area contributed by atoms with Gasteiger partial charge >= 0.3 is 0 Å². The number of anilines is 1. The number of nitrogens with two attached hydrogens (primary N) is 1. The third-order valence-corrected chi connectivity index (χ3v) is 4.96. The Morgan fingerprint density at radius 1 is 1.04 bits per heavy atom. The predicted octanol–water partition coefficient (Wildman–Crippen LogP) is 3.96. The molecule has 0 saturated heterocycles. The lowest BCUT2D eigenvalue weighted by Crippen LogP contribution is -2.07. The Morgan fingerprint density at radius 3 is 2.52 bits per heavy atom. The second kappa shape index (κ2) is 5.99. The standard InChI is InChI=1S/C21H19N5O/c1-11-6-5-7-15-17(11)25-21-18(24-15)14(10-22)20(23)26(21)19-12(2)8-9-16(27-4)13(19)3/h5-9H,23H2,1-4H3. The maximum atomic E-state index is 9.71. The molecule has 2 heterocycles. The highest BCUT2D eigenvalue weighted by atomic mass is 16.5. The van der Waals surface area contributed by atoms with Crippen molar-refractivity contribution in [1.29, 1.82) is 5.26 Å². The Balaban J connectivity index is 2.21. The van der Waals surface area contributed by atoms with Gasteiger partial charge in [0.2, 0.25) is 0 Å². The maximum absolute atomic E-state index is 9.71. The van der Waals surface area contributed by atoms with Gasteiger partial charge < -0.3 is 10.5 Å². The van der Waals surface area contributed by atoms with Crippen molar-refractivity contribution < 1.29 is 4.74 Å². The summed E-state index contributed by atoms with van der Waals surface area (Å²) in [6.07, 6.45) is 0. The van der Waals surface area contributed by atoms with Crippen molar-refractivity contribution >= 4 is 28.0 Å². The fourth-order valence-corrected chi connectivity index (χ4v) is 3.60. The summed E-state index contributed by atoms with van der Waals surface area (Å²) < 4.78 is 7.30. The second-order valence-corrected chi connectivity index (χ2v) is 6.60. The van der Waals surface area contributed by atoms with Gasteiger partial charge in [-0.3, -0.25) is 4.57 Å². The minimum absolute atomic E-state index is 0.333. The lowest BCUT2D eigenvalue weighted by Gasteiger charge is -2.16. The van der Waals surface area contributed by atoms with E-state index >= 15 is 0 Å². The van der Waals surface area contributed by atoms with Gasteiger partial charge in [0.05, 0.1) is 23.8 Å². The van der Waals surface area contributed by atoms with Gasteiger partial charge in [0.1, 0.15) is 28.7 Å². The van der Waals surface area contributed by atoms with Crippen LogP contribution in [-0.2, 0) is 0 Å². The molecule has 0 atom stereocenters. The molecule has 0 aliphatic carbocycles. The van der Waals surface area contributed by atoms with Gasteiger partial charge in [-0.1, -0.05) is 18.2 Å². The number of para-hydroxylation sites is 1. The highest BCUT2D eigenvalue weighted by molar-refractivity contribution is 5.94. The van der Waals surface area contributed by atoms with Crippen molar-refractivity contribution in [2.75, 3.05) is 12.8 Å². The molecule has 2 aromatic heterocycles. The molecule has 4 rings (SSSR count). The number of nitrogen functional groups attached to an aromatic ring is 1. The molecule has 0 unspecified atom stereocenters. The van der Waals surface area contributed by atoms with Crippen molar-refractivity contribution in [3.63, 3.8) is 0 Å². The van der Waals surface area contributed by atoms with Crippen LogP contribution in [0.2, 0.25) is 0 Å². The lowest BCUT2D eigenvalue weighted by molar-refractivity contribution is 0.411. The molecule has 27 heavy (non-hydrogen) atoms. The van der Waals surface area contributed by atoms with E-state index in [4.69, 9.17) is 20.4 Å². The molecule has 0 amide bonds. The largest absolute Gasteiger partial charge is 0.496 e. The van der Waals surface area contributed by atoms with Crippen LogP contribution in [-0.4, -0.2) is 21.6 Å². The summed E-state index contributed by atoms with van der Waals surface area (Å²) >= 11 is 0. The van der Waals surface area contributed by atoms with Crippen molar-refractivity contribution in [2.24, 2.45) is 0 Å². The number of aryl methyl sites for hydroxylation is 2. The number of hydrogen-bond donors (Lipinski definition) is 1. The zero-order chi connectivity index (χ0) is 19.3. The number of aromatic nitrogens is 3. The molecule has 2 N–H and O–H groups in total. The van der Waals surface area contributed by atoms with Gasteiger partial charge in [-0.25, -0.2) is 9.97 Å². The second-order valence-electron chi connectivity index (χ2n) is 6.60. The topological polar surface area (TPSA) is 89.8 Å². The van der Waals surface area contributed by atoms with E-state index in [0.29, 0.717) is 22.5 Å². The smallest absolute Gasteiger partial charge is 0.167 e. The number of nitriles is 1. The van der Waals surface area contributed by atoms with E-state index < -0.39 is 0 Å². The molecule has 6 nitrogen and oxygen atoms in total. The maximum Gasteiger partial charge on any atom is 0.167 e. The number of benzene rings is 2. The molecule has 0 fully saturated rings. The van der Waals surface area contributed by atoms with E-state index in [1.165, 1.54) is 0 Å². The van der Waals surface area contributed by atoms with E-state index in [1.807, 2.05) is 55.7 Å². The molecule has 4 aromatic rings. The minimum Gasteiger partial charge on any atom is -0.496 e. The molecule has 2 aromatic carbocycles. The minimum atomic E-state index is 0.333. The number of ether oxygens (including phenoxy) is 1. The number of rotatable bonds is 2. The van der Waals surface area contributed by atoms with Crippen LogP contribution in [0.3, 0.4) is 0 Å². The number of fused-ring (bicyclic) bond motifs is 2. The molecular formula is C21H19N5O. The van der Waals surface area contributed by atoms with Crippen molar-refractivity contribution in [3.8, 4) is 17.5 Å². The molecule has 0 radical (unpaired) electrons. The van der Waals surface area contributed by atoms with Crippen molar-refractivity contribution in [3.05, 3.63) is 52.6 Å². The number of methoxy groups -OCH3 is 1. The fraction of sp³-hybridized carbons (Fsp3) is 0.190. The molecule has 0 spiro atoms. The quantitative estimate of drug-likeness (QED) is 0.586. The van der Waals surface area contributed by atoms with Gasteiger partial charge in [0, 0.05) is 5.56 Å². The first kappa shape index (κ1) is 16.9. The van der Waals surface area contributed by atoms with Gasteiger partial charge in [-0.05, 0) is 44.0 Å². The van der Waals surface area contributed by atoms with Crippen molar-refractivity contribution in [1.82, 2.24) is 14.5 Å². The van der Waals surface area contributed by atoms with E-state index in [9.17, 15) is 5.26 Å². The summed E-state index contributed by atoms with van der Waals surface area (Å²) in [5.74, 6) is 1.08. The first-order chi connectivity index (χ1) is 13.0. The highest BCUT2D eigenvalue weighted by Crippen LogP contribution is 2.35. The van der Waals surface area contributed by atoms with Crippen LogP contribution in [0.25, 0.3) is 27.9 Å². The summed E-state index contributed by atoms with van der Waals surface area (Å²) in [5, 5.41) is 9.71. The Bertz CT molecular complexity index is 1260.